The summed E-state index contributed by atoms with van der Waals surface area (Å²) in [6.07, 6.45) is -3.73. The van der Waals surface area contributed by atoms with Gasteiger partial charge in [-0.25, -0.2) is 9.97 Å². The molecule has 0 bridgehead atoms. The van der Waals surface area contributed by atoms with Crippen molar-refractivity contribution in [2.75, 3.05) is 18.1 Å². The number of nitrogens with one attached hydrogen (secondary N) is 1. The molecule has 0 spiro atoms. The average molecular weight is 551 g/mol. The predicted molar refractivity (Wildman–Crippen MR) is 132 cm³/mol. The van der Waals surface area contributed by atoms with E-state index in [1.54, 1.807) is 25.3 Å². The molecule has 0 atom stereocenters. The quantitative estimate of drug-likeness (QED) is 0.138. The molecule has 0 aliphatic carbocycles. The van der Waals surface area contributed by atoms with E-state index in [0.717, 1.165) is 34.4 Å². The Balaban J connectivity index is 1.51. The Morgan fingerprint density at radius 2 is 1.72 bits per heavy atom. The van der Waals surface area contributed by atoms with Crippen molar-refractivity contribution in [3.8, 4) is 5.75 Å². The summed E-state index contributed by atoms with van der Waals surface area (Å²) in [6, 6.07) is 6.97. The Kier molecular flexibility index (Phi) is 8.12. The van der Waals surface area contributed by atoms with Crippen LogP contribution in [0, 0.1) is 6.92 Å². The lowest BCUT2D eigenvalue weighted by Crippen LogP contribution is -2.28. The van der Waals surface area contributed by atoms with Crippen LogP contribution in [-0.4, -0.2) is 34.4 Å². The van der Waals surface area contributed by atoms with Gasteiger partial charge in [-0.15, -0.1) is 0 Å². The molecule has 0 aliphatic heterocycles. The SMILES string of the molecule is Cc1cnc(N(CCCOc2ccc3[nH]cc(CC=O)c3c2)Cc2ccc(C(F)(F)F)cc2C(F)(F)F)nc1. The van der Waals surface area contributed by atoms with E-state index in [1.165, 1.54) is 17.3 Å². The van der Waals surface area contributed by atoms with E-state index >= 15 is 0 Å². The fourth-order valence-corrected chi connectivity index (χ4v) is 4.11. The standard InChI is InChI=1S/C27H24F6N4O2/c1-17-13-35-25(36-14-17)37(16-19-3-4-20(26(28,29)30)11-23(19)27(31,32)33)8-2-10-39-21-5-6-24-22(12-21)18(7-9-38)15-34-24/h3-6,9,11-15,34H,2,7-8,10,16H2,1H3. The van der Waals surface area contributed by atoms with Gasteiger partial charge in [-0.2, -0.15) is 26.3 Å². The van der Waals surface area contributed by atoms with E-state index in [9.17, 15) is 31.1 Å². The molecule has 2 aromatic carbocycles. The number of benzene rings is 2. The zero-order chi connectivity index (χ0) is 28.2. The molecule has 0 amide bonds. The van der Waals surface area contributed by atoms with Crippen LogP contribution in [0.2, 0.25) is 0 Å². The maximum atomic E-state index is 13.7. The van der Waals surface area contributed by atoms with Crippen LogP contribution >= 0.6 is 0 Å². The van der Waals surface area contributed by atoms with Gasteiger partial charge in [0.25, 0.3) is 0 Å². The lowest BCUT2D eigenvalue weighted by molar-refractivity contribution is -0.143. The van der Waals surface area contributed by atoms with Crippen molar-refractivity contribution in [1.82, 2.24) is 15.0 Å². The highest BCUT2D eigenvalue weighted by atomic mass is 19.4. The number of rotatable bonds is 10. The van der Waals surface area contributed by atoms with Gasteiger partial charge in [0.15, 0.2) is 0 Å². The van der Waals surface area contributed by atoms with Gasteiger partial charge in [0.2, 0.25) is 5.95 Å². The first kappa shape index (κ1) is 27.9. The van der Waals surface area contributed by atoms with Crippen molar-refractivity contribution in [3.63, 3.8) is 0 Å². The zero-order valence-corrected chi connectivity index (χ0v) is 20.7. The third-order valence-electron chi connectivity index (χ3n) is 6.04. The van der Waals surface area contributed by atoms with Crippen LogP contribution in [0.4, 0.5) is 32.3 Å². The first-order valence-corrected chi connectivity index (χ1v) is 11.9. The molecule has 0 saturated carbocycles. The number of aldehydes is 1. The summed E-state index contributed by atoms with van der Waals surface area (Å²) >= 11 is 0. The summed E-state index contributed by atoms with van der Waals surface area (Å²) in [7, 11) is 0. The number of carbonyl (C=O) groups excluding carboxylic acids is 1. The molecule has 0 fully saturated rings. The molecule has 12 heteroatoms. The maximum absolute atomic E-state index is 13.7. The van der Waals surface area contributed by atoms with Crippen molar-refractivity contribution >= 4 is 23.1 Å². The van der Waals surface area contributed by atoms with Gasteiger partial charge in [0, 0.05) is 49.0 Å². The van der Waals surface area contributed by atoms with Gasteiger partial charge in [0.05, 0.1) is 17.7 Å². The van der Waals surface area contributed by atoms with Crippen molar-refractivity contribution in [2.24, 2.45) is 0 Å². The maximum Gasteiger partial charge on any atom is 0.416 e. The second-order valence-corrected chi connectivity index (χ2v) is 8.94. The van der Waals surface area contributed by atoms with E-state index in [2.05, 4.69) is 15.0 Å². The number of ether oxygens (including phenoxy) is 1. The molecule has 2 heterocycles. The Hall–Kier alpha value is -4.09. The predicted octanol–water partition coefficient (Wildman–Crippen LogP) is 6.52. The highest BCUT2D eigenvalue weighted by Crippen LogP contribution is 2.38. The van der Waals surface area contributed by atoms with E-state index in [0.29, 0.717) is 18.2 Å². The van der Waals surface area contributed by atoms with Gasteiger partial charge < -0.3 is 19.4 Å². The summed E-state index contributed by atoms with van der Waals surface area (Å²) in [6.45, 7) is 1.76. The highest BCUT2D eigenvalue weighted by molar-refractivity contribution is 5.86. The Labute approximate surface area is 219 Å². The number of carbonyl (C=O) groups is 1. The summed E-state index contributed by atoms with van der Waals surface area (Å²) in [4.78, 5) is 23.8. The third kappa shape index (κ3) is 6.87. The smallest absolute Gasteiger partial charge is 0.416 e. The van der Waals surface area contributed by atoms with E-state index in [1.807, 2.05) is 6.07 Å². The molecule has 39 heavy (non-hydrogen) atoms. The van der Waals surface area contributed by atoms with Gasteiger partial charge in [-0.3, -0.25) is 0 Å². The van der Waals surface area contributed by atoms with Gasteiger partial charge in [0.1, 0.15) is 12.0 Å². The van der Waals surface area contributed by atoms with Crippen LogP contribution in [-0.2, 0) is 30.1 Å². The number of anilines is 1. The van der Waals surface area contributed by atoms with Crippen LogP contribution in [0.1, 0.15) is 34.2 Å². The molecule has 206 valence electrons. The molecule has 6 nitrogen and oxygen atoms in total. The number of hydrogen-bond acceptors (Lipinski definition) is 5. The zero-order valence-electron chi connectivity index (χ0n) is 20.7. The number of nitrogens with zero attached hydrogens (tertiary/aromatic N) is 3. The fraction of sp³-hybridized carbons (Fsp3) is 0.296. The number of aromatic nitrogens is 3. The van der Waals surface area contributed by atoms with E-state index in [-0.39, 0.29) is 43.7 Å². The van der Waals surface area contributed by atoms with Gasteiger partial charge in [-0.1, -0.05) is 6.07 Å². The molecule has 0 radical (unpaired) electrons. The van der Waals surface area contributed by atoms with Crippen molar-refractivity contribution in [3.05, 3.63) is 82.8 Å². The van der Waals surface area contributed by atoms with Crippen molar-refractivity contribution in [1.29, 1.82) is 0 Å². The van der Waals surface area contributed by atoms with Crippen LogP contribution in [0.3, 0.4) is 0 Å². The molecule has 0 saturated heterocycles. The highest BCUT2D eigenvalue weighted by Gasteiger charge is 2.38. The number of H-pyrrole nitrogens is 1. The number of aromatic amines is 1. The van der Waals surface area contributed by atoms with E-state index < -0.39 is 23.5 Å². The molecular formula is C27H24F6N4O2. The Bertz CT molecular complexity index is 1430. The summed E-state index contributed by atoms with van der Waals surface area (Å²) in [5.74, 6) is 0.690. The first-order chi connectivity index (χ1) is 18.5. The number of halogens is 6. The van der Waals surface area contributed by atoms with Crippen LogP contribution < -0.4 is 9.64 Å². The second-order valence-electron chi connectivity index (χ2n) is 8.94. The van der Waals surface area contributed by atoms with E-state index in [4.69, 9.17) is 4.74 Å². The van der Waals surface area contributed by atoms with Crippen molar-refractivity contribution < 1.29 is 35.9 Å². The van der Waals surface area contributed by atoms with Gasteiger partial charge in [-0.05, 0) is 60.4 Å². The number of hydrogen-bond donors (Lipinski definition) is 1. The van der Waals surface area contributed by atoms with Crippen LogP contribution in [0.5, 0.6) is 5.75 Å². The Morgan fingerprint density at radius 1 is 0.974 bits per heavy atom. The molecule has 1 N–H and O–H groups in total. The molecule has 2 aromatic heterocycles. The topological polar surface area (TPSA) is 71.1 Å². The molecule has 4 aromatic rings. The summed E-state index contributed by atoms with van der Waals surface area (Å²) < 4.78 is 86.3. The first-order valence-electron chi connectivity index (χ1n) is 11.9. The minimum absolute atomic E-state index is 0.128. The molecular weight excluding hydrogens is 526 g/mol. The largest absolute Gasteiger partial charge is 0.494 e. The van der Waals surface area contributed by atoms with Crippen LogP contribution in [0.15, 0.2) is 55.0 Å². The van der Waals surface area contributed by atoms with Crippen molar-refractivity contribution in [2.45, 2.75) is 38.7 Å². The third-order valence-corrected chi connectivity index (χ3v) is 6.04. The monoisotopic (exact) mass is 550 g/mol. The summed E-state index contributed by atoms with van der Waals surface area (Å²) in [5.41, 5.74) is -0.663. The number of aryl methyl sites for hydroxylation is 1. The molecule has 0 aliphatic rings. The minimum Gasteiger partial charge on any atom is -0.494 e. The number of alkyl halides is 6. The minimum atomic E-state index is -4.99. The molecule has 0 unspecified atom stereocenters. The average Bonchev–Trinajstić information content (AvgIpc) is 3.27. The van der Waals surface area contributed by atoms with Gasteiger partial charge >= 0.3 is 12.4 Å². The summed E-state index contributed by atoms with van der Waals surface area (Å²) in [5, 5.41) is 0.844. The second kappa shape index (κ2) is 11.3. The van der Waals surface area contributed by atoms with Crippen LogP contribution in [0.25, 0.3) is 10.9 Å². The lowest BCUT2D eigenvalue weighted by atomic mass is 10.0. The lowest BCUT2D eigenvalue weighted by Gasteiger charge is -2.25. The molecule has 4 rings (SSSR count). The Morgan fingerprint density at radius 3 is 2.38 bits per heavy atom. The number of fused-ring (bicyclic) bond motifs is 1. The normalized spacial score (nSPS) is 12.1. The fourth-order valence-electron chi connectivity index (χ4n) is 4.11.